The van der Waals surface area contributed by atoms with Gasteiger partial charge in [-0.15, -0.1) is 0 Å². The summed E-state index contributed by atoms with van der Waals surface area (Å²) in [4.78, 5) is 21.7. The maximum Gasteiger partial charge on any atom is 0.427 e. The molecule has 0 fully saturated rings. The van der Waals surface area contributed by atoms with Crippen molar-refractivity contribution in [2.24, 2.45) is 7.05 Å². The number of sulfonamides is 1. The zero-order valence-corrected chi connectivity index (χ0v) is 21.4. The van der Waals surface area contributed by atoms with Gasteiger partial charge in [-0.25, -0.2) is 13.2 Å². The molecule has 11 nitrogen and oxygen atoms in total. The van der Waals surface area contributed by atoms with Crippen LogP contribution in [0.1, 0.15) is 26.5 Å². The standard InChI is InChI=1S/C18H21F3N4O5S.C3H7NO/c1-11-15(10-22-24(11)4)31(27,28)25-7-8-29-14-6-5-12(9-13(14)25)23-16(26)30-17(2,3)18(19,20)21;1-3(5)4-2/h5-6,9-10H,7-8H2,1-4H3,(H,23,26);1-2H3,(H,4,5). The fourth-order valence-electron chi connectivity index (χ4n) is 2.80. The Balaban J connectivity index is 0.000000830. The average Bonchev–Trinajstić information content (AvgIpc) is 3.11. The number of carbonyl (C=O) groups is 2. The van der Waals surface area contributed by atoms with E-state index in [0.717, 1.165) is 18.2 Å². The monoisotopic (exact) mass is 535 g/mol. The predicted molar refractivity (Wildman–Crippen MR) is 124 cm³/mol. The Morgan fingerprint density at radius 2 is 1.83 bits per heavy atom. The second-order valence-electron chi connectivity index (χ2n) is 8.15. The van der Waals surface area contributed by atoms with E-state index in [2.05, 4.69) is 20.5 Å². The number of anilines is 2. The van der Waals surface area contributed by atoms with Crippen molar-refractivity contribution in [2.75, 3.05) is 29.8 Å². The zero-order chi connectivity index (χ0) is 27.5. The largest absolute Gasteiger partial charge is 0.489 e. The van der Waals surface area contributed by atoms with Crippen molar-refractivity contribution in [3.8, 4) is 5.75 Å². The van der Waals surface area contributed by atoms with Crippen molar-refractivity contribution in [1.82, 2.24) is 15.1 Å². The minimum atomic E-state index is -4.76. The van der Waals surface area contributed by atoms with Gasteiger partial charge in [0.2, 0.25) is 11.5 Å². The second kappa shape index (κ2) is 10.6. The molecule has 0 saturated heterocycles. The number of hydrogen-bond donors (Lipinski definition) is 2. The molecule has 2 amide bonds. The third kappa shape index (κ3) is 6.38. The van der Waals surface area contributed by atoms with Gasteiger partial charge in [0.05, 0.1) is 24.1 Å². The Morgan fingerprint density at radius 3 is 2.33 bits per heavy atom. The van der Waals surface area contributed by atoms with Crippen LogP contribution in [-0.4, -0.2) is 62.2 Å². The molecule has 36 heavy (non-hydrogen) atoms. The Bertz CT molecular complexity index is 1230. The molecule has 0 bridgehead atoms. The van der Waals surface area contributed by atoms with Gasteiger partial charge in [-0.2, -0.15) is 18.3 Å². The normalized spacial score (nSPS) is 13.5. The van der Waals surface area contributed by atoms with Gasteiger partial charge in [0.1, 0.15) is 17.3 Å². The number of benzene rings is 1. The summed E-state index contributed by atoms with van der Waals surface area (Å²) in [6.07, 6.45) is -4.87. The number of aromatic nitrogens is 2. The van der Waals surface area contributed by atoms with Crippen LogP contribution in [0.25, 0.3) is 0 Å². The van der Waals surface area contributed by atoms with Gasteiger partial charge in [-0.05, 0) is 39.0 Å². The second-order valence-corrected chi connectivity index (χ2v) is 9.99. The van der Waals surface area contributed by atoms with Crippen LogP contribution in [-0.2, 0) is 26.6 Å². The quantitative estimate of drug-likeness (QED) is 0.615. The number of rotatable bonds is 4. The van der Waals surface area contributed by atoms with Crippen molar-refractivity contribution in [2.45, 2.75) is 44.4 Å². The molecule has 2 heterocycles. The molecule has 0 aliphatic carbocycles. The number of fused-ring (bicyclic) bond motifs is 1. The number of hydrogen-bond acceptors (Lipinski definition) is 7. The van der Waals surface area contributed by atoms with Gasteiger partial charge in [0.15, 0.2) is 0 Å². The molecule has 0 spiro atoms. The average molecular weight is 536 g/mol. The lowest BCUT2D eigenvalue weighted by atomic mass is 10.1. The number of nitrogens with one attached hydrogen (secondary N) is 2. The van der Waals surface area contributed by atoms with Gasteiger partial charge in [-0.3, -0.25) is 19.1 Å². The van der Waals surface area contributed by atoms with E-state index >= 15 is 0 Å². The van der Waals surface area contributed by atoms with Crippen LogP contribution in [0.2, 0.25) is 0 Å². The SMILES string of the molecule is CNC(C)=O.Cc1c(S(=O)(=O)N2CCOc3ccc(NC(=O)OC(C)(C)C(F)(F)F)cc32)cnn1C. The lowest BCUT2D eigenvalue weighted by Gasteiger charge is -2.31. The van der Waals surface area contributed by atoms with E-state index in [1.54, 1.807) is 21.0 Å². The summed E-state index contributed by atoms with van der Waals surface area (Å²) in [5, 5.41) is 8.54. The molecule has 3 rings (SSSR count). The van der Waals surface area contributed by atoms with Gasteiger partial charge in [-0.1, -0.05) is 0 Å². The first-order valence-electron chi connectivity index (χ1n) is 10.5. The highest BCUT2D eigenvalue weighted by Crippen LogP contribution is 2.38. The first kappa shape index (κ1) is 28.7. The number of ether oxygens (including phenoxy) is 2. The van der Waals surface area contributed by atoms with E-state index in [-0.39, 0.29) is 41.1 Å². The number of aryl methyl sites for hydroxylation is 1. The third-order valence-electron chi connectivity index (χ3n) is 5.17. The number of carbonyl (C=O) groups excluding carboxylic acids is 2. The minimum absolute atomic E-state index is 0.00132. The lowest BCUT2D eigenvalue weighted by molar-refractivity contribution is -0.242. The summed E-state index contributed by atoms with van der Waals surface area (Å²) < 4.78 is 77.7. The lowest BCUT2D eigenvalue weighted by Crippen LogP contribution is -2.44. The first-order chi connectivity index (χ1) is 16.5. The van der Waals surface area contributed by atoms with E-state index in [0.29, 0.717) is 5.69 Å². The smallest absolute Gasteiger partial charge is 0.427 e. The van der Waals surface area contributed by atoms with Crippen LogP contribution < -0.4 is 19.7 Å². The zero-order valence-electron chi connectivity index (χ0n) is 20.6. The Kier molecular flexibility index (Phi) is 8.49. The van der Waals surface area contributed by atoms with Gasteiger partial charge in [0, 0.05) is 26.7 Å². The molecule has 0 atom stereocenters. The van der Waals surface area contributed by atoms with Gasteiger partial charge in [0.25, 0.3) is 10.0 Å². The van der Waals surface area contributed by atoms with Crippen molar-refractivity contribution in [3.63, 3.8) is 0 Å². The van der Waals surface area contributed by atoms with Crippen LogP contribution in [0.3, 0.4) is 0 Å². The number of alkyl halides is 3. The van der Waals surface area contributed by atoms with Crippen LogP contribution in [0.4, 0.5) is 29.3 Å². The highest BCUT2D eigenvalue weighted by atomic mass is 32.2. The Labute approximate surface area is 206 Å². The van der Waals surface area contributed by atoms with Crippen molar-refractivity contribution >= 4 is 33.4 Å². The number of halogens is 3. The molecule has 15 heteroatoms. The highest BCUT2D eigenvalue weighted by Gasteiger charge is 2.51. The predicted octanol–water partition coefficient (Wildman–Crippen LogP) is 2.96. The van der Waals surface area contributed by atoms with E-state index in [1.165, 1.54) is 36.0 Å². The molecule has 1 aromatic heterocycles. The molecule has 0 unspecified atom stereocenters. The third-order valence-corrected chi connectivity index (χ3v) is 7.08. The van der Waals surface area contributed by atoms with Gasteiger partial charge >= 0.3 is 12.3 Å². The van der Waals surface area contributed by atoms with Crippen LogP contribution in [0, 0.1) is 6.92 Å². The fraction of sp³-hybridized carbons (Fsp3) is 0.476. The molecule has 1 aliphatic rings. The van der Waals surface area contributed by atoms with E-state index in [4.69, 9.17) is 4.74 Å². The van der Waals surface area contributed by atoms with Crippen molar-refractivity contribution in [1.29, 1.82) is 0 Å². The molecule has 1 aliphatic heterocycles. The van der Waals surface area contributed by atoms with E-state index in [1.807, 2.05) is 0 Å². The maximum absolute atomic E-state index is 13.2. The maximum atomic E-state index is 13.2. The van der Waals surface area contributed by atoms with Crippen LogP contribution in [0.15, 0.2) is 29.3 Å². The summed E-state index contributed by atoms with van der Waals surface area (Å²) in [5.74, 6) is 0.246. The summed E-state index contributed by atoms with van der Waals surface area (Å²) in [6.45, 7) is 4.62. The molecule has 2 aromatic rings. The summed E-state index contributed by atoms with van der Waals surface area (Å²) in [6, 6.07) is 4.07. The highest BCUT2D eigenvalue weighted by molar-refractivity contribution is 7.92. The van der Waals surface area contributed by atoms with Crippen molar-refractivity contribution in [3.05, 3.63) is 30.1 Å². The summed E-state index contributed by atoms with van der Waals surface area (Å²) in [5.41, 5.74) is -2.11. The van der Waals surface area contributed by atoms with E-state index in [9.17, 15) is 31.2 Å². The summed E-state index contributed by atoms with van der Waals surface area (Å²) in [7, 11) is -0.793. The van der Waals surface area contributed by atoms with Crippen LogP contribution in [0.5, 0.6) is 5.75 Å². The Morgan fingerprint density at radius 1 is 1.22 bits per heavy atom. The molecule has 2 N–H and O–H groups in total. The molecular formula is C21H28F3N5O6S. The molecule has 1 aromatic carbocycles. The molecule has 0 saturated carbocycles. The molecular weight excluding hydrogens is 507 g/mol. The van der Waals surface area contributed by atoms with Crippen molar-refractivity contribution < 1.29 is 40.7 Å². The number of nitrogens with zero attached hydrogens (tertiary/aromatic N) is 3. The first-order valence-corrected chi connectivity index (χ1v) is 12.0. The fourth-order valence-corrected chi connectivity index (χ4v) is 4.44. The van der Waals surface area contributed by atoms with E-state index < -0.39 is 27.9 Å². The number of amides is 2. The van der Waals surface area contributed by atoms with Crippen LogP contribution >= 0.6 is 0 Å². The molecule has 200 valence electrons. The topological polar surface area (TPSA) is 132 Å². The van der Waals surface area contributed by atoms with Gasteiger partial charge < -0.3 is 14.8 Å². The molecule has 0 radical (unpaired) electrons. The Hall–Kier alpha value is -3.49. The summed E-state index contributed by atoms with van der Waals surface area (Å²) >= 11 is 0. The minimum Gasteiger partial charge on any atom is -0.489 e.